The van der Waals surface area contributed by atoms with Crippen LogP contribution in [0.5, 0.6) is 0 Å². The van der Waals surface area contributed by atoms with E-state index in [9.17, 15) is 4.79 Å². The van der Waals surface area contributed by atoms with Crippen LogP contribution in [0.3, 0.4) is 0 Å². The average molecular weight is 412 g/mol. The minimum Gasteiger partial charge on any atom is -0.450 e. The van der Waals surface area contributed by atoms with E-state index < -0.39 is 0 Å². The van der Waals surface area contributed by atoms with Gasteiger partial charge in [-0.2, -0.15) is 9.78 Å². The molecule has 3 heterocycles. The van der Waals surface area contributed by atoms with Crippen molar-refractivity contribution in [3.05, 3.63) is 64.7 Å². The first-order valence-electron chi connectivity index (χ1n) is 7.85. The van der Waals surface area contributed by atoms with Crippen LogP contribution in [0.1, 0.15) is 11.5 Å². The third-order valence-electron chi connectivity index (χ3n) is 3.65. The lowest BCUT2D eigenvalue weighted by Crippen LogP contribution is -2.13. The van der Waals surface area contributed by atoms with Crippen molar-refractivity contribution in [1.29, 1.82) is 0 Å². The van der Waals surface area contributed by atoms with Crippen LogP contribution < -0.4 is 5.32 Å². The quantitative estimate of drug-likeness (QED) is 0.495. The van der Waals surface area contributed by atoms with E-state index >= 15 is 0 Å². The molecule has 0 unspecified atom stereocenters. The van der Waals surface area contributed by atoms with Gasteiger partial charge >= 0.3 is 0 Å². The van der Waals surface area contributed by atoms with Gasteiger partial charge in [0, 0.05) is 12.1 Å². The van der Waals surface area contributed by atoms with Crippen LogP contribution in [0, 0.1) is 6.92 Å². The molecule has 4 aromatic rings. The molecule has 0 aliphatic rings. The summed E-state index contributed by atoms with van der Waals surface area (Å²) >= 11 is 3.22. The molecule has 8 heteroatoms. The zero-order valence-corrected chi connectivity index (χ0v) is 15.3. The summed E-state index contributed by atoms with van der Waals surface area (Å²) in [5.41, 5.74) is 2.49. The fourth-order valence-electron chi connectivity index (χ4n) is 2.53. The lowest BCUT2D eigenvalue weighted by Gasteiger charge is -2.04. The largest absolute Gasteiger partial charge is 0.450 e. The number of H-pyrrole nitrogens is 1. The van der Waals surface area contributed by atoms with Gasteiger partial charge in [-0.3, -0.25) is 4.79 Å². The van der Waals surface area contributed by atoms with Gasteiger partial charge in [-0.25, -0.2) is 4.98 Å². The first kappa shape index (κ1) is 16.3. The van der Waals surface area contributed by atoms with Crippen LogP contribution in [0.25, 0.3) is 23.1 Å². The number of fused-ring (bicyclic) bond motifs is 1. The Bertz CT molecular complexity index is 1090. The molecule has 1 aromatic carbocycles. The van der Waals surface area contributed by atoms with E-state index in [1.165, 1.54) is 6.08 Å². The van der Waals surface area contributed by atoms with Gasteiger partial charge in [0.25, 0.3) is 0 Å². The summed E-state index contributed by atoms with van der Waals surface area (Å²) in [6.45, 7) is 1.85. The Kier molecular flexibility index (Phi) is 4.18. The van der Waals surface area contributed by atoms with Gasteiger partial charge in [0.2, 0.25) is 11.9 Å². The van der Waals surface area contributed by atoms with Gasteiger partial charge in [0.15, 0.2) is 4.67 Å². The number of aromatic amines is 1. The predicted octanol–water partition coefficient (Wildman–Crippen LogP) is 4.06. The van der Waals surface area contributed by atoms with Crippen molar-refractivity contribution in [2.24, 2.45) is 0 Å². The molecule has 0 saturated carbocycles. The standard InChI is InChI=1S/C18H14BrN5O2/c1-11-10-16(22-17(25)9-7-12-6-8-15(19)26-12)24(23-11)18-20-13-4-2-3-5-14(13)21-18/h2-10H,1H3,(H,20,21)(H,22,25)/b9-7+. The highest BCUT2D eigenvalue weighted by atomic mass is 79.9. The van der Waals surface area contributed by atoms with Crippen LogP contribution in [-0.4, -0.2) is 25.7 Å². The number of aryl methyl sites for hydroxylation is 1. The second-order valence-corrected chi connectivity index (χ2v) is 6.41. The topological polar surface area (TPSA) is 88.7 Å². The summed E-state index contributed by atoms with van der Waals surface area (Å²) in [4.78, 5) is 19.9. The number of aromatic nitrogens is 4. The summed E-state index contributed by atoms with van der Waals surface area (Å²) in [6.07, 6.45) is 2.99. The third kappa shape index (κ3) is 3.31. The van der Waals surface area contributed by atoms with Gasteiger partial charge in [-0.15, -0.1) is 0 Å². The smallest absolute Gasteiger partial charge is 0.249 e. The molecule has 26 heavy (non-hydrogen) atoms. The number of rotatable bonds is 4. The highest BCUT2D eigenvalue weighted by Crippen LogP contribution is 2.19. The van der Waals surface area contributed by atoms with Crippen LogP contribution >= 0.6 is 15.9 Å². The maximum Gasteiger partial charge on any atom is 0.249 e. The molecule has 0 fully saturated rings. The Morgan fingerprint density at radius 2 is 2.15 bits per heavy atom. The molecule has 7 nitrogen and oxygen atoms in total. The monoisotopic (exact) mass is 411 g/mol. The number of para-hydroxylation sites is 2. The lowest BCUT2D eigenvalue weighted by atomic mass is 10.3. The molecular formula is C18H14BrN5O2. The fraction of sp³-hybridized carbons (Fsp3) is 0.0556. The Balaban J connectivity index is 1.59. The number of amides is 1. The van der Waals surface area contributed by atoms with E-state index in [2.05, 4.69) is 36.3 Å². The number of halogens is 1. The minimum atomic E-state index is -0.296. The second kappa shape index (κ2) is 6.64. The molecule has 3 aromatic heterocycles. The molecule has 4 rings (SSSR count). The molecule has 0 saturated heterocycles. The Hall–Kier alpha value is -3.13. The number of imidazole rings is 1. The zero-order chi connectivity index (χ0) is 18.1. The summed E-state index contributed by atoms with van der Waals surface area (Å²) in [5, 5.41) is 7.22. The van der Waals surface area contributed by atoms with Crippen LogP contribution in [0.2, 0.25) is 0 Å². The second-order valence-electron chi connectivity index (χ2n) is 5.62. The SMILES string of the molecule is Cc1cc(NC(=O)/C=C/c2ccc(Br)o2)n(-c2nc3ccccc3[nH]2)n1. The van der Waals surface area contributed by atoms with E-state index in [1.807, 2.05) is 31.2 Å². The van der Waals surface area contributed by atoms with Crippen molar-refractivity contribution < 1.29 is 9.21 Å². The van der Waals surface area contributed by atoms with E-state index in [1.54, 1.807) is 29.0 Å². The molecule has 0 aliphatic heterocycles. The summed E-state index contributed by atoms with van der Waals surface area (Å²) in [5.74, 6) is 1.34. The Morgan fingerprint density at radius 1 is 1.31 bits per heavy atom. The van der Waals surface area contributed by atoms with Gasteiger partial charge in [-0.1, -0.05) is 12.1 Å². The normalized spacial score (nSPS) is 11.5. The van der Waals surface area contributed by atoms with Crippen molar-refractivity contribution >= 4 is 44.8 Å². The number of hydrogen-bond donors (Lipinski definition) is 2. The number of carbonyl (C=O) groups excluding carboxylic acids is 1. The van der Waals surface area contributed by atoms with Gasteiger partial charge in [-0.05, 0) is 53.2 Å². The number of nitrogens with zero attached hydrogens (tertiary/aromatic N) is 3. The first-order valence-corrected chi connectivity index (χ1v) is 8.64. The summed E-state index contributed by atoms with van der Waals surface area (Å²) in [7, 11) is 0. The van der Waals surface area contributed by atoms with Crippen LogP contribution in [0.4, 0.5) is 5.82 Å². The number of nitrogens with one attached hydrogen (secondary N) is 2. The van der Waals surface area contributed by atoms with Gasteiger partial charge in [0.1, 0.15) is 11.6 Å². The molecule has 130 valence electrons. The molecule has 1 amide bonds. The molecule has 0 spiro atoms. The van der Waals surface area contributed by atoms with Crippen LogP contribution in [0.15, 0.2) is 57.6 Å². The van der Waals surface area contributed by atoms with E-state index in [0.717, 1.165) is 16.7 Å². The third-order valence-corrected chi connectivity index (χ3v) is 4.08. The highest BCUT2D eigenvalue weighted by molar-refractivity contribution is 9.10. The van der Waals surface area contributed by atoms with E-state index in [0.29, 0.717) is 22.2 Å². The van der Waals surface area contributed by atoms with Crippen molar-refractivity contribution in [1.82, 2.24) is 19.7 Å². The number of anilines is 1. The van der Waals surface area contributed by atoms with Crippen molar-refractivity contribution in [2.45, 2.75) is 6.92 Å². The maximum absolute atomic E-state index is 12.2. The molecular weight excluding hydrogens is 398 g/mol. The summed E-state index contributed by atoms with van der Waals surface area (Å²) in [6, 6.07) is 13.0. The average Bonchev–Trinajstić information content (AvgIpc) is 3.31. The molecule has 0 aliphatic carbocycles. The van der Waals surface area contributed by atoms with Crippen molar-refractivity contribution in [2.75, 3.05) is 5.32 Å². The van der Waals surface area contributed by atoms with Crippen LogP contribution in [-0.2, 0) is 4.79 Å². The molecule has 0 radical (unpaired) electrons. The van der Waals surface area contributed by atoms with Gasteiger partial charge in [0.05, 0.1) is 16.7 Å². The molecule has 0 bridgehead atoms. The number of hydrogen-bond acceptors (Lipinski definition) is 4. The predicted molar refractivity (Wildman–Crippen MR) is 102 cm³/mol. The number of benzene rings is 1. The van der Waals surface area contributed by atoms with Gasteiger partial charge < -0.3 is 14.7 Å². The molecule has 2 N–H and O–H groups in total. The lowest BCUT2D eigenvalue weighted by molar-refractivity contribution is -0.111. The Morgan fingerprint density at radius 3 is 2.92 bits per heavy atom. The maximum atomic E-state index is 12.2. The highest BCUT2D eigenvalue weighted by Gasteiger charge is 2.13. The summed E-state index contributed by atoms with van der Waals surface area (Å²) < 4.78 is 7.51. The number of carbonyl (C=O) groups is 1. The van der Waals surface area contributed by atoms with Crippen molar-refractivity contribution in [3.8, 4) is 5.95 Å². The van der Waals surface area contributed by atoms with E-state index in [4.69, 9.17) is 4.42 Å². The van der Waals surface area contributed by atoms with E-state index in [-0.39, 0.29) is 5.91 Å². The minimum absolute atomic E-state index is 0.296. The molecule has 0 atom stereocenters. The number of furan rings is 1. The zero-order valence-electron chi connectivity index (χ0n) is 13.7. The fourth-order valence-corrected chi connectivity index (χ4v) is 2.85. The first-order chi connectivity index (χ1) is 12.6. The Labute approximate surface area is 156 Å². The van der Waals surface area contributed by atoms with Crippen molar-refractivity contribution in [3.63, 3.8) is 0 Å².